The van der Waals surface area contributed by atoms with Gasteiger partial charge in [-0.15, -0.1) is 0 Å². The maximum atomic E-state index is 4.06. The topological polar surface area (TPSA) is 39.0 Å². The van der Waals surface area contributed by atoms with E-state index in [0.29, 0.717) is 0 Å². The summed E-state index contributed by atoms with van der Waals surface area (Å²) in [6, 6.07) is 3.78. The summed E-state index contributed by atoms with van der Waals surface area (Å²) in [5, 5.41) is 6.96. The predicted octanol–water partition coefficient (Wildman–Crippen LogP) is 0.989. The van der Waals surface area contributed by atoms with E-state index in [0.717, 1.165) is 11.5 Å². The molecule has 0 saturated carbocycles. The number of nitrogens with one attached hydrogen (secondary N) is 1. The van der Waals surface area contributed by atoms with Gasteiger partial charge in [0.25, 0.3) is 0 Å². The Morgan fingerprint density at radius 2 is 2.40 bits per heavy atom. The summed E-state index contributed by atoms with van der Waals surface area (Å²) in [7, 11) is 3.58. The molecule has 10 heavy (non-hydrogen) atoms. The first-order valence-corrected chi connectivity index (χ1v) is 3.11. The fourth-order valence-corrected chi connectivity index (χ4v) is 0.770. The van der Waals surface area contributed by atoms with E-state index in [1.165, 1.54) is 0 Å². The Morgan fingerprint density at radius 3 is 2.90 bits per heavy atom. The summed E-state index contributed by atoms with van der Waals surface area (Å²) in [6.07, 6.45) is 1.74. The SMILES string of the molecule is C[N]c1cccnc1NC. The fourth-order valence-electron chi connectivity index (χ4n) is 0.770. The maximum absolute atomic E-state index is 4.06. The van der Waals surface area contributed by atoms with E-state index in [-0.39, 0.29) is 0 Å². The van der Waals surface area contributed by atoms with Crippen LogP contribution in [0.4, 0.5) is 11.5 Å². The lowest BCUT2D eigenvalue weighted by Crippen LogP contribution is -1.97. The molecule has 0 saturated heterocycles. The van der Waals surface area contributed by atoms with Crippen LogP contribution in [0.15, 0.2) is 18.3 Å². The molecule has 3 nitrogen and oxygen atoms in total. The lowest BCUT2D eigenvalue weighted by atomic mass is 10.4. The van der Waals surface area contributed by atoms with Gasteiger partial charge >= 0.3 is 0 Å². The average molecular weight is 136 g/mol. The van der Waals surface area contributed by atoms with Gasteiger partial charge in [0, 0.05) is 20.3 Å². The average Bonchev–Trinajstić information content (AvgIpc) is 2.04. The van der Waals surface area contributed by atoms with E-state index in [2.05, 4.69) is 15.6 Å². The molecule has 0 spiro atoms. The summed E-state index contributed by atoms with van der Waals surface area (Å²) < 4.78 is 0. The Labute approximate surface area is 60.5 Å². The van der Waals surface area contributed by atoms with Crippen molar-refractivity contribution in [3.8, 4) is 0 Å². The summed E-state index contributed by atoms with van der Waals surface area (Å²) in [5.41, 5.74) is 0.894. The van der Waals surface area contributed by atoms with Crippen LogP contribution < -0.4 is 10.6 Å². The quantitative estimate of drug-likeness (QED) is 0.658. The first kappa shape index (κ1) is 6.86. The van der Waals surface area contributed by atoms with Crippen LogP contribution in [0.5, 0.6) is 0 Å². The van der Waals surface area contributed by atoms with Gasteiger partial charge in [0.1, 0.15) is 0 Å². The third-order valence-corrected chi connectivity index (χ3v) is 1.26. The van der Waals surface area contributed by atoms with Gasteiger partial charge in [-0.05, 0) is 12.1 Å². The van der Waals surface area contributed by atoms with E-state index in [1.54, 1.807) is 13.2 Å². The van der Waals surface area contributed by atoms with Crippen LogP contribution in [0.3, 0.4) is 0 Å². The van der Waals surface area contributed by atoms with Gasteiger partial charge in [-0.3, -0.25) is 5.32 Å². The molecule has 0 atom stereocenters. The molecule has 53 valence electrons. The van der Waals surface area contributed by atoms with Gasteiger partial charge in [0.15, 0.2) is 5.82 Å². The van der Waals surface area contributed by atoms with Crippen molar-refractivity contribution in [1.82, 2.24) is 10.3 Å². The maximum Gasteiger partial charge on any atom is 0.151 e. The molecule has 0 aliphatic carbocycles. The molecule has 0 aliphatic heterocycles. The predicted molar refractivity (Wildman–Crippen MR) is 41.5 cm³/mol. The van der Waals surface area contributed by atoms with E-state index in [9.17, 15) is 0 Å². The lowest BCUT2D eigenvalue weighted by Gasteiger charge is -2.02. The number of rotatable bonds is 2. The number of aromatic nitrogens is 1. The van der Waals surface area contributed by atoms with Crippen molar-refractivity contribution in [2.24, 2.45) is 0 Å². The molecule has 1 heterocycles. The van der Waals surface area contributed by atoms with Gasteiger partial charge in [0.2, 0.25) is 0 Å². The van der Waals surface area contributed by atoms with E-state index >= 15 is 0 Å². The monoisotopic (exact) mass is 136 g/mol. The Bertz CT molecular complexity index is 187. The molecule has 1 aromatic heterocycles. The molecule has 3 heteroatoms. The summed E-state index contributed by atoms with van der Waals surface area (Å²) in [4.78, 5) is 4.06. The van der Waals surface area contributed by atoms with Crippen LogP contribution in [-0.2, 0) is 0 Å². The molecule has 0 bridgehead atoms. The first-order valence-electron chi connectivity index (χ1n) is 3.11. The highest BCUT2D eigenvalue weighted by molar-refractivity contribution is 5.58. The van der Waals surface area contributed by atoms with Crippen LogP contribution in [0.1, 0.15) is 0 Å². The zero-order valence-corrected chi connectivity index (χ0v) is 6.13. The number of anilines is 1. The molecular formula is C7H10N3. The van der Waals surface area contributed by atoms with Gasteiger partial charge in [0.05, 0.1) is 5.69 Å². The van der Waals surface area contributed by atoms with Crippen LogP contribution in [0.2, 0.25) is 0 Å². The number of hydrogen-bond acceptors (Lipinski definition) is 2. The molecule has 1 radical (unpaired) electrons. The van der Waals surface area contributed by atoms with Crippen molar-refractivity contribution in [3.05, 3.63) is 18.3 Å². The first-order chi connectivity index (χ1) is 4.88. The molecular weight excluding hydrogens is 126 g/mol. The summed E-state index contributed by atoms with van der Waals surface area (Å²) in [5.74, 6) is 0.824. The minimum absolute atomic E-state index is 0.824. The second-order valence-electron chi connectivity index (χ2n) is 1.84. The Balaban J connectivity index is 2.96. The van der Waals surface area contributed by atoms with Crippen LogP contribution in [-0.4, -0.2) is 19.1 Å². The zero-order valence-electron chi connectivity index (χ0n) is 6.13. The smallest absolute Gasteiger partial charge is 0.151 e. The number of hydrogen-bond donors (Lipinski definition) is 1. The normalized spacial score (nSPS) is 9.00. The second kappa shape index (κ2) is 3.06. The van der Waals surface area contributed by atoms with Crippen LogP contribution >= 0.6 is 0 Å². The van der Waals surface area contributed by atoms with Crippen LogP contribution in [0, 0.1) is 0 Å². The van der Waals surface area contributed by atoms with Crippen molar-refractivity contribution in [2.75, 3.05) is 19.4 Å². The molecule has 0 amide bonds. The van der Waals surface area contributed by atoms with Crippen molar-refractivity contribution >= 4 is 11.5 Å². The second-order valence-corrected chi connectivity index (χ2v) is 1.84. The number of pyridine rings is 1. The molecule has 1 N–H and O–H groups in total. The highest BCUT2D eigenvalue weighted by Crippen LogP contribution is 2.15. The summed E-state index contributed by atoms with van der Waals surface area (Å²) >= 11 is 0. The standard InChI is InChI=1S/C7H10N3/c1-8-6-4-3-5-10-7(6)9-2/h3-5H,1-2H3,(H,9,10). The molecule has 1 aromatic rings. The minimum Gasteiger partial charge on any atom is -0.371 e. The fraction of sp³-hybridized carbons (Fsp3) is 0.286. The van der Waals surface area contributed by atoms with Gasteiger partial charge in [-0.1, -0.05) is 0 Å². The van der Waals surface area contributed by atoms with Crippen molar-refractivity contribution in [2.45, 2.75) is 0 Å². The Kier molecular flexibility index (Phi) is 2.10. The minimum atomic E-state index is 0.824. The van der Waals surface area contributed by atoms with Crippen LogP contribution in [0.25, 0.3) is 0 Å². The van der Waals surface area contributed by atoms with Gasteiger partial charge in [-0.25, -0.2) is 4.98 Å². The van der Waals surface area contributed by atoms with Gasteiger partial charge < -0.3 is 5.32 Å². The van der Waals surface area contributed by atoms with Crippen molar-refractivity contribution in [3.63, 3.8) is 0 Å². The highest BCUT2D eigenvalue weighted by Gasteiger charge is 1.96. The summed E-state index contributed by atoms with van der Waals surface area (Å²) in [6.45, 7) is 0. The largest absolute Gasteiger partial charge is 0.371 e. The molecule has 0 fully saturated rings. The Hall–Kier alpha value is -1.25. The molecule has 0 unspecified atom stereocenters. The zero-order chi connectivity index (χ0) is 7.40. The van der Waals surface area contributed by atoms with Crippen molar-refractivity contribution < 1.29 is 0 Å². The lowest BCUT2D eigenvalue weighted by molar-refractivity contribution is 1.07. The van der Waals surface area contributed by atoms with Gasteiger partial charge in [-0.2, -0.15) is 0 Å². The third kappa shape index (κ3) is 1.18. The highest BCUT2D eigenvalue weighted by atomic mass is 15.0. The van der Waals surface area contributed by atoms with E-state index in [4.69, 9.17) is 0 Å². The van der Waals surface area contributed by atoms with Crippen molar-refractivity contribution in [1.29, 1.82) is 0 Å². The Morgan fingerprint density at radius 1 is 1.60 bits per heavy atom. The third-order valence-electron chi connectivity index (χ3n) is 1.26. The molecule has 0 aromatic carbocycles. The molecule has 0 aliphatic rings. The van der Waals surface area contributed by atoms with E-state index < -0.39 is 0 Å². The van der Waals surface area contributed by atoms with E-state index in [1.807, 2.05) is 19.2 Å². The molecule has 1 rings (SSSR count). The number of nitrogens with zero attached hydrogens (tertiary/aromatic N) is 2.